The maximum Gasteiger partial charge on any atom is 0.254 e. The van der Waals surface area contributed by atoms with Crippen LogP contribution >= 0.6 is 23.6 Å². The Hall–Kier alpha value is -2.50. The van der Waals surface area contributed by atoms with Crippen LogP contribution in [0.1, 0.15) is 58.5 Å². The highest BCUT2D eigenvalue weighted by Crippen LogP contribution is 2.40. The Morgan fingerprint density at radius 3 is 2.59 bits per heavy atom. The highest BCUT2D eigenvalue weighted by molar-refractivity contribution is 7.91. The summed E-state index contributed by atoms with van der Waals surface area (Å²) in [7, 11) is -2.85. The summed E-state index contributed by atoms with van der Waals surface area (Å²) in [5.41, 5.74) is 3.06. The van der Waals surface area contributed by atoms with Crippen LogP contribution in [0.2, 0.25) is 0 Å². The molecule has 1 aromatic carbocycles. The quantitative estimate of drug-likeness (QED) is 0.305. The number of thiophene rings is 1. The van der Waals surface area contributed by atoms with E-state index >= 15 is 0 Å². The smallest absolute Gasteiger partial charge is 0.254 e. The number of hydrogen-bond acceptors (Lipinski definition) is 6. The molecule has 0 radical (unpaired) electrons. The van der Waals surface area contributed by atoms with Gasteiger partial charge in [-0.3, -0.25) is 9.59 Å². The SMILES string of the molecule is Cc1c(NC(=S)N[C@H]2CCc3sc(NC(=O)C4CC4)c(C(=O)NCC4CC4)c3C2)cccc1S(C)(=N)=O. The van der Waals surface area contributed by atoms with Gasteiger partial charge in [-0.05, 0) is 93.3 Å². The molecule has 5 N–H and O–H groups in total. The lowest BCUT2D eigenvalue weighted by Gasteiger charge is -2.26. The first-order valence-corrected chi connectivity index (χ1v) is 15.9. The third-order valence-corrected chi connectivity index (χ3v) is 9.92. The molecular formula is C26H33N5O3S3. The Balaban J connectivity index is 1.31. The second kappa shape index (κ2) is 10.3. The Bertz CT molecular complexity index is 1360. The molecule has 1 aromatic heterocycles. The summed E-state index contributed by atoms with van der Waals surface area (Å²) in [6.07, 6.45) is 7.83. The van der Waals surface area contributed by atoms with E-state index in [0.717, 1.165) is 54.5 Å². The normalized spacial score (nSPS) is 20.3. The van der Waals surface area contributed by atoms with Gasteiger partial charge in [-0.1, -0.05) is 6.07 Å². The van der Waals surface area contributed by atoms with Crippen LogP contribution < -0.4 is 21.3 Å². The molecule has 5 rings (SSSR count). The number of rotatable bonds is 8. The lowest BCUT2D eigenvalue weighted by molar-refractivity contribution is -0.117. The maximum absolute atomic E-state index is 13.3. The molecular weight excluding hydrogens is 527 g/mol. The molecule has 3 aliphatic rings. The molecule has 0 spiro atoms. The zero-order valence-corrected chi connectivity index (χ0v) is 23.5. The van der Waals surface area contributed by atoms with Gasteiger partial charge in [0.25, 0.3) is 5.91 Å². The number of amides is 2. The van der Waals surface area contributed by atoms with Gasteiger partial charge in [-0.2, -0.15) is 0 Å². The van der Waals surface area contributed by atoms with Gasteiger partial charge in [0.05, 0.1) is 20.2 Å². The van der Waals surface area contributed by atoms with E-state index in [1.807, 2.05) is 13.0 Å². The summed E-state index contributed by atoms with van der Waals surface area (Å²) < 4.78 is 20.2. The Kier molecular flexibility index (Phi) is 7.30. The standard InChI is InChI=1S/C26H33N5O3S3/c1-14-19(4-3-5-21(14)37(2,27)34)30-26(35)29-17-10-11-20-18(12-17)22(24(33)28-13-15-6-7-15)25(36-20)31-23(32)16-8-9-16/h3-5,15-17,27H,6-13H2,1-2H3,(H,28,33)(H,31,32)(H2,29,30,35)/t17-,37?/m0/s1. The molecule has 37 heavy (non-hydrogen) atoms. The number of carbonyl (C=O) groups excluding carboxylic acids is 2. The summed E-state index contributed by atoms with van der Waals surface area (Å²) >= 11 is 7.13. The summed E-state index contributed by atoms with van der Waals surface area (Å²) in [5, 5.41) is 13.8. The van der Waals surface area contributed by atoms with E-state index in [1.165, 1.54) is 17.6 Å². The Morgan fingerprint density at radius 2 is 1.92 bits per heavy atom. The molecule has 2 fully saturated rings. The minimum atomic E-state index is -2.85. The molecule has 2 atom stereocenters. The first-order chi connectivity index (χ1) is 17.6. The molecule has 1 unspecified atom stereocenters. The van der Waals surface area contributed by atoms with Crippen molar-refractivity contribution in [3.63, 3.8) is 0 Å². The third-order valence-electron chi connectivity index (χ3n) is 7.21. The van der Waals surface area contributed by atoms with Crippen molar-refractivity contribution in [2.45, 2.75) is 62.8 Å². The molecule has 1 heterocycles. The van der Waals surface area contributed by atoms with E-state index in [-0.39, 0.29) is 23.8 Å². The summed E-state index contributed by atoms with van der Waals surface area (Å²) in [4.78, 5) is 27.4. The zero-order valence-electron chi connectivity index (χ0n) is 21.1. The zero-order chi connectivity index (χ0) is 26.3. The monoisotopic (exact) mass is 559 g/mol. The molecule has 11 heteroatoms. The molecule has 198 valence electrons. The van der Waals surface area contributed by atoms with Gasteiger partial charge in [0, 0.05) is 35.3 Å². The topological polar surface area (TPSA) is 123 Å². The van der Waals surface area contributed by atoms with Crippen molar-refractivity contribution in [3.05, 3.63) is 39.8 Å². The van der Waals surface area contributed by atoms with Crippen LogP contribution in [-0.4, -0.2) is 40.0 Å². The minimum Gasteiger partial charge on any atom is -0.359 e. The highest BCUT2D eigenvalue weighted by atomic mass is 32.2. The third kappa shape index (κ3) is 6.15. The van der Waals surface area contributed by atoms with Crippen molar-refractivity contribution in [3.8, 4) is 0 Å². The number of aryl methyl sites for hydroxylation is 1. The predicted octanol–water partition coefficient (Wildman–Crippen LogP) is 4.42. The van der Waals surface area contributed by atoms with Crippen LogP contribution in [-0.2, 0) is 27.4 Å². The van der Waals surface area contributed by atoms with Gasteiger partial charge in [0.15, 0.2) is 5.11 Å². The number of fused-ring (bicyclic) bond motifs is 1. The van der Waals surface area contributed by atoms with Crippen molar-refractivity contribution in [2.75, 3.05) is 23.4 Å². The van der Waals surface area contributed by atoms with Gasteiger partial charge < -0.3 is 21.3 Å². The largest absolute Gasteiger partial charge is 0.359 e. The number of nitrogens with one attached hydrogen (secondary N) is 5. The van der Waals surface area contributed by atoms with E-state index < -0.39 is 9.73 Å². The van der Waals surface area contributed by atoms with Gasteiger partial charge in [-0.25, -0.2) is 8.99 Å². The van der Waals surface area contributed by atoms with Crippen LogP contribution in [0.4, 0.5) is 10.7 Å². The van der Waals surface area contributed by atoms with Crippen molar-refractivity contribution < 1.29 is 13.8 Å². The Labute approximate surface area is 227 Å². The molecule has 2 amide bonds. The van der Waals surface area contributed by atoms with E-state index in [4.69, 9.17) is 17.0 Å². The first-order valence-electron chi connectivity index (χ1n) is 12.7. The number of carbonyl (C=O) groups is 2. The van der Waals surface area contributed by atoms with E-state index in [9.17, 15) is 13.8 Å². The summed E-state index contributed by atoms with van der Waals surface area (Å²) in [6.45, 7) is 2.51. The van der Waals surface area contributed by atoms with Crippen molar-refractivity contribution >= 4 is 60.9 Å². The maximum atomic E-state index is 13.3. The Morgan fingerprint density at radius 1 is 1.16 bits per heavy atom. The van der Waals surface area contributed by atoms with Crippen LogP contribution in [0.5, 0.6) is 0 Å². The number of hydrogen-bond donors (Lipinski definition) is 5. The van der Waals surface area contributed by atoms with Crippen molar-refractivity contribution in [1.29, 1.82) is 4.78 Å². The fourth-order valence-electron chi connectivity index (χ4n) is 4.76. The average Bonchev–Trinajstić information content (AvgIpc) is 3.75. The second-order valence-corrected chi connectivity index (χ2v) is 14.1. The minimum absolute atomic E-state index is 0.0104. The van der Waals surface area contributed by atoms with Gasteiger partial charge in [0.2, 0.25) is 5.91 Å². The van der Waals surface area contributed by atoms with E-state index in [0.29, 0.717) is 45.1 Å². The average molecular weight is 560 g/mol. The molecule has 8 nitrogen and oxygen atoms in total. The van der Waals surface area contributed by atoms with Gasteiger partial charge in [-0.15, -0.1) is 11.3 Å². The highest BCUT2D eigenvalue weighted by Gasteiger charge is 2.34. The fourth-order valence-corrected chi connectivity index (χ4v) is 7.31. The molecule has 0 saturated heterocycles. The molecule has 3 aliphatic carbocycles. The number of thiocarbonyl (C=S) groups is 1. The molecule has 0 bridgehead atoms. The van der Waals surface area contributed by atoms with Crippen molar-refractivity contribution in [1.82, 2.24) is 10.6 Å². The fraction of sp³-hybridized carbons (Fsp3) is 0.500. The lowest BCUT2D eigenvalue weighted by atomic mass is 9.91. The summed E-state index contributed by atoms with van der Waals surface area (Å²) in [5.74, 6) is 0.537. The lowest BCUT2D eigenvalue weighted by Crippen LogP contribution is -2.41. The van der Waals surface area contributed by atoms with Crippen molar-refractivity contribution in [2.24, 2.45) is 11.8 Å². The molecule has 2 aromatic rings. The molecule has 0 aliphatic heterocycles. The van der Waals surface area contributed by atoms with Gasteiger partial charge >= 0.3 is 0 Å². The van der Waals surface area contributed by atoms with Crippen LogP contribution in [0.3, 0.4) is 0 Å². The van der Waals surface area contributed by atoms with E-state index in [1.54, 1.807) is 12.1 Å². The first kappa shape index (κ1) is 26.1. The van der Waals surface area contributed by atoms with Crippen LogP contribution in [0.25, 0.3) is 0 Å². The predicted molar refractivity (Wildman–Crippen MR) is 152 cm³/mol. The summed E-state index contributed by atoms with van der Waals surface area (Å²) in [6, 6.07) is 5.36. The van der Waals surface area contributed by atoms with Gasteiger partial charge in [0.1, 0.15) is 5.00 Å². The molecule has 2 saturated carbocycles. The van der Waals surface area contributed by atoms with Crippen LogP contribution in [0.15, 0.2) is 23.1 Å². The van der Waals surface area contributed by atoms with E-state index in [2.05, 4.69) is 21.3 Å². The van der Waals surface area contributed by atoms with Crippen LogP contribution in [0, 0.1) is 23.5 Å². The number of anilines is 2. The second-order valence-electron chi connectivity index (χ2n) is 10.4. The number of benzene rings is 1.